The Morgan fingerprint density at radius 3 is 2.73 bits per heavy atom. The minimum absolute atomic E-state index is 0.178. The molecule has 4 heterocycles. The molecule has 0 spiro atoms. The van der Waals surface area contributed by atoms with E-state index in [4.69, 9.17) is 4.74 Å². The molecule has 0 radical (unpaired) electrons. The lowest BCUT2D eigenvalue weighted by Gasteiger charge is -2.34. The number of ether oxygens (including phenoxy) is 1. The van der Waals surface area contributed by atoms with Crippen LogP contribution in [0.1, 0.15) is 73.6 Å². The van der Waals surface area contributed by atoms with E-state index in [0.29, 0.717) is 18.6 Å². The molecule has 0 saturated heterocycles. The Labute approximate surface area is 193 Å². The summed E-state index contributed by atoms with van der Waals surface area (Å²) in [5.74, 6) is 1.09. The number of rotatable bonds is 4. The summed E-state index contributed by atoms with van der Waals surface area (Å²) in [7, 11) is 0. The van der Waals surface area contributed by atoms with Crippen molar-refractivity contribution in [3.05, 3.63) is 57.6 Å². The number of nitrogens with zero attached hydrogens (tertiary/aromatic N) is 3. The molecule has 0 N–H and O–H groups in total. The number of hydrogen-bond donors (Lipinski definition) is 0. The van der Waals surface area contributed by atoms with E-state index in [1.807, 2.05) is 6.20 Å². The first-order valence-electron chi connectivity index (χ1n) is 12.1. The Balaban J connectivity index is 1.56. The van der Waals surface area contributed by atoms with Gasteiger partial charge in [-0.05, 0) is 50.2 Å². The molecular weight excluding hydrogens is 414 g/mol. The SMILES string of the molecule is CC(=O)c1cn2c(cc1=O)-c1c(cc(-c3cnn(C4CCC4)c3)c3c1CCO3)CC2C(C)C. The molecule has 3 aromatic rings. The summed E-state index contributed by atoms with van der Waals surface area (Å²) in [6.07, 6.45) is 11.3. The fraction of sp³-hybridized carbons (Fsp3) is 0.444. The number of Topliss-reactive ketones (excluding diaryl/α,β-unsaturated/α-hetero) is 1. The van der Waals surface area contributed by atoms with Gasteiger partial charge >= 0.3 is 0 Å². The third kappa shape index (κ3) is 3.10. The normalized spacial score (nSPS) is 19.0. The number of carbonyl (C=O) groups is 1. The van der Waals surface area contributed by atoms with Gasteiger partial charge in [-0.25, -0.2) is 0 Å². The summed E-state index contributed by atoms with van der Waals surface area (Å²) in [6, 6.07) is 4.61. The quantitative estimate of drug-likeness (QED) is 0.533. The van der Waals surface area contributed by atoms with Crippen LogP contribution in [0.25, 0.3) is 22.4 Å². The van der Waals surface area contributed by atoms with Gasteiger partial charge in [0.2, 0.25) is 0 Å². The third-order valence-corrected chi connectivity index (χ3v) is 7.69. The number of pyridine rings is 1. The molecule has 0 amide bonds. The summed E-state index contributed by atoms with van der Waals surface area (Å²) < 4.78 is 10.4. The Morgan fingerprint density at radius 1 is 1.21 bits per heavy atom. The minimum atomic E-state index is -0.206. The number of benzene rings is 1. The van der Waals surface area contributed by atoms with Crippen molar-refractivity contribution in [3.63, 3.8) is 0 Å². The van der Waals surface area contributed by atoms with E-state index in [0.717, 1.165) is 41.0 Å². The van der Waals surface area contributed by atoms with E-state index < -0.39 is 0 Å². The molecule has 3 aliphatic rings. The average Bonchev–Trinajstić information content (AvgIpc) is 3.40. The van der Waals surface area contributed by atoms with Crippen LogP contribution in [0.4, 0.5) is 0 Å². The van der Waals surface area contributed by atoms with E-state index >= 15 is 0 Å². The summed E-state index contributed by atoms with van der Waals surface area (Å²) in [4.78, 5) is 24.9. The molecule has 6 heteroatoms. The molecule has 2 aliphatic heterocycles. The van der Waals surface area contributed by atoms with Crippen LogP contribution in [0, 0.1) is 5.92 Å². The zero-order valence-electron chi connectivity index (χ0n) is 19.4. The second-order valence-corrected chi connectivity index (χ2v) is 10.1. The van der Waals surface area contributed by atoms with Gasteiger partial charge < -0.3 is 9.30 Å². The molecule has 33 heavy (non-hydrogen) atoms. The van der Waals surface area contributed by atoms with Crippen LogP contribution in [0.15, 0.2) is 35.5 Å². The maximum absolute atomic E-state index is 12.8. The second kappa shape index (κ2) is 7.44. The Bertz CT molecular complexity index is 1340. The van der Waals surface area contributed by atoms with E-state index in [1.165, 1.54) is 37.3 Å². The lowest BCUT2D eigenvalue weighted by molar-refractivity contribution is 0.101. The van der Waals surface area contributed by atoms with Crippen LogP contribution in [0.3, 0.4) is 0 Å². The first kappa shape index (κ1) is 20.5. The largest absolute Gasteiger partial charge is 0.492 e. The van der Waals surface area contributed by atoms with Crippen molar-refractivity contribution in [3.8, 4) is 28.1 Å². The summed E-state index contributed by atoms with van der Waals surface area (Å²) in [5.41, 5.74) is 6.70. The smallest absolute Gasteiger partial charge is 0.192 e. The van der Waals surface area contributed by atoms with Crippen molar-refractivity contribution in [2.45, 2.75) is 65.0 Å². The zero-order chi connectivity index (χ0) is 22.9. The van der Waals surface area contributed by atoms with E-state index in [1.54, 1.807) is 12.3 Å². The summed E-state index contributed by atoms with van der Waals surface area (Å²) in [6.45, 7) is 6.50. The monoisotopic (exact) mass is 443 g/mol. The molecule has 1 saturated carbocycles. The topological polar surface area (TPSA) is 66.1 Å². The van der Waals surface area contributed by atoms with Gasteiger partial charge in [0.15, 0.2) is 11.2 Å². The van der Waals surface area contributed by atoms with Gasteiger partial charge in [0.1, 0.15) is 5.75 Å². The molecule has 1 atom stereocenters. The van der Waals surface area contributed by atoms with Crippen LogP contribution in [0.2, 0.25) is 0 Å². The van der Waals surface area contributed by atoms with Gasteiger partial charge in [-0.3, -0.25) is 14.3 Å². The summed E-state index contributed by atoms with van der Waals surface area (Å²) in [5, 5.41) is 4.65. The minimum Gasteiger partial charge on any atom is -0.492 e. The lowest BCUT2D eigenvalue weighted by Crippen LogP contribution is -2.28. The van der Waals surface area contributed by atoms with E-state index in [-0.39, 0.29) is 22.8 Å². The number of fused-ring (bicyclic) bond motifs is 5. The molecule has 1 fully saturated rings. The first-order chi connectivity index (χ1) is 15.9. The predicted molar refractivity (Wildman–Crippen MR) is 127 cm³/mol. The van der Waals surface area contributed by atoms with Crippen LogP contribution in [0.5, 0.6) is 5.75 Å². The number of aromatic nitrogens is 3. The molecule has 1 aromatic carbocycles. The van der Waals surface area contributed by atoms with Crippen molar-refractivity contribution in [1.82, 2.24) is 14.3 Å². The van der Waals surface area contributed by atoms with E-state index in [9.17, 15) is 9.59 Å². The van der Waals surface area contributed by atoms with Crippen molar-refractivity contribution in [2.75, 3.05) is 6.61 Å². The number of carbonyl (C=O) groups excluding carboxylic acids is 1. The van der Waals surface area contributed by atoms with Crippen LogP contribution >= 0.6 is 0 Å². The van der Waals surface area contributed by atoms with Crippen LogP contribution in [-0.4, -0.2) is 26.7 Å². The van der Waals surface area contributed by atoms with Gasteiger partial charge in [0, 0.05) is 53.2 Å². The van der Waals surface area contributed by atoms with Crippen molar-refractivity contribution in [2.24, 2.45) is 5.92 Å². The fourth-order valence-corrected chi connectivity index (χ4v) is 5.63. The van der Waals surface area contributed by atoms with Gasteiger partial charge in [-0.15, -0.1) is 0 Å². The Morgan fingerprint density at radius 2 is 2.03 bits per heavy atom. The molecular formula is C27H29N3O3. The average molecular weight is 444 g/mol. The first-order valence-corrected chi connectivity index (χ1v) is 12.1. The highest BCUT2D eigenvalue weighted by Gasteiger charge is 2.33. The van der Waals surface area contributed by atoms with Crippen molar-refractivity contribution >= 4 is 5.78 Å². The van der Waals surface area contributed by atoms with Crippen molar-refractivity contribution in [1.29, 1.82) is 0 Å². The number of hydrogen-bond acceptors (Lipinski definition) is 4. The van der Waals surface area contributed by atoms with Gasteiger partial charge in [0.25, 0.3) is 0 Å². The predicted octanol–water partition coefficient (Wildman–Crippen LogP) is 4.99. The van der Waals surface area contributed by atoms with Crippen LogP contribution in [-0.2, 0) is 12.8 Å². The van der Waals surface area contributed by atoms with Gasteiger partial charge in [-0.1, -0.05) is 13.8 Å². The van der Waals surface area contributed by atoms with Gasteiger partial charge in [-0.2, -0.15) is 5.10 Å². The molecule has 0 bridgehead atoms. The fourth-order valence-electron chi connectivity index (χ4n) is 5.63. The van der Waals surface area contributed by atoms with Gasteiger partial charge in [0.05, 0.1) is 30.1 Å². The Hall–Kier alpha value is -3.15. The maximum Gasteiger partial charge on any atom is 0.192 e. The highest BCUT2D eigenvalue weighted by Crippen LogP contribution is 2.48. The number of ketones is 1. The molecule has 170 valence electrons. The van der Waals surface area contributed by atoms with E-state index in [2.05, 4.69) is 40.5 Å². The maximum atomic E-state index is 12.8. The highest BCUT2D eigenvalue weighted by atomic mass is 16.5. The zero-order valence-corrected chi connectivity index (χ0v) is 19.4. The standard InChI is InChI=1S/C27H29N3O3/c1-15(2)23-10-17-9-21(18-12-28-30(13-18)19-5-4-6-19)27-20(7-8-33-27)26(17)24-11-25(32)22(16(3)31)14-29(23)24/h9,11-15,19,23H,4-8,10H2,1-3H3. The molecule has 1 unspecified atom stereocenters. The molecule has 6 rings (SSSR count). The van der Waals surface area contributed by atoms with Crippen LogP contribution < -0.4 is 10.2 Å². The summed E-state index contributed by atoms with van der Waals surface area (Å²) >= 11 is 0. The molecule has 1 aliphatic carbocycles. The second-order valence-electron chi connectivity index (χ2n) is 10.1. The lowest BCUT2D eigenvalue weighted by atomic mass is 9.82. The molecule has 6 nitrogen and oxygen atoms in total. The molecule has 2 aromatic heterocycles. The van der Waals surface area contributed by atoms with Crippen molar-refractivity contribution < 1.29 is 9.53 Å². The Kier molecular flexibility index (Phi) is 4.61. The third-order valence-electron chi connectivity index (χ3n) is 7.69. The highest BCUT2D eigenvalue weighted by molar-refractivity contribution is 5.94.